The van der Waals surface area contributed by atoms with Crippen molar-refractivity contribution < 1.29 is 14.3 Å². The van der Waals surface area contributed by atoms with Crippen molar-refractivity contribution in [1.29, 1.82) is 0 Å². The van der Waals surface area contributed by atoms with Crippen LogP contribution in [0.25, 0.3) is 0 Å². The lowest BCUT2D eigenvalue weighted by Crippen LogP contribution is -2.30. The summed E-state index contributed by atoms with van der Waals surface area (Å²) in [7, 11) is 0. The summed E-state index contributed by atoms with van der Waals surface area (Å²) >= 11 is 0. The molecule has 0 aliphatic rings. The van der Waals surface area contributed by atoms with Crippen molar-refractivity contribution in [2.24, 2.45) is 0 Å². The van der Waals surface area contributed by atoms with E-state index in [0.717, 1.165) is 0 Å². The Morgan fingerprint density at radius 2 is 2.27 bits per heavy atom. The van der Waals surface area contributed by atoms with E-state index in [1.807, 2.05) is 13.8 Å². The second kappa shape index (κ2) is 5.70. The van der Waals surface area contributed by atoms with Gasteiger partial charge in [0.25, 0.3) is 0 Å². The number of aldehydes is 1. The Labute approximate surface area is 65.9 Å². The molecule has 4 nitrogen and oxygen atoms in total. The second-order valence-corrected chi connectivity index (χ2v) is 2.39. The molecule has 0 spiro atoms. The van der Waals surface area contributed by atoms with Crippen molar-refractivity contribution in [3.05, 3.63) is 0 Å². The van der Waals surface area contributed by atoms with Crippen LogP contribution in [0, 0.1) is 0 Å². The highest BCUT2D eigenvalue weighted by Crippen LogP contribution is 1.83. The Morgan fingerprint density at radius 1 is 1.64 bits per heavy atom. The van der Waals surface area contributed by atoms with E-state index >= 15 is 0 Å². The van der Waals surface area contributed by atoms with E-state index in [0.29, 0.717) is 6.29 Å². The predicted octanol–water partition coefficient (Wildman–Crippen LogP) is 0.710. The molecule has 0 saturated carbocycles. The van der Waals surface area contributed by atoms with Crippen molar-refractivity contribution in [3.63, 3.8) is 0 Å². The van der Waals surface area contributed by atoms with Gasteiger partial charge in [-0.2, -0.15) is 0 Å². The Morgan fingerprint density at radius 3 is 2.73 bits per heavy atom. The van der Waals surface area contributed by atoms with Gasteiger partial charge in [0.1, 0.15) is 6.29 Å². The van der Waals surface area contributed by atoms with E-state index in [9.17, 15) is 9.59 Å². The van der Waals surface area contributed by atoms with Crippen molar-refractivity contribution in [3.8, 4) is 0 Å². The molecule has 1 N–H and O–H groups in total. The number of nitrogens with one attached hydrogen (secondary N) is 1. The molecule has 0 aromatic carbocycles. The van der Waals surface area contributed by atoms with Gasteiger partial charge in [-0.05, 0) is 13.8 Å². The van der Waals surface area contributed by atoms with E-state index in [1.165, 1.54) is 0 Å². The number of amides is 1. The first kappa shape index (κ1) is 9.94. The summed E-state index contributed by atoms with van der Waals surface area (Å²) in [5.41, 5.74) is 0. The van der Waals surface area contributed by atoms with Crippen LogP contribution in [0.4, 0.5) is 4.79 Å². The number of rotatable bonds is 4. The molecular weight excluding hydrogens is 146 g/mol. The van der Waals surface area contributed by atoms with E-state index in [4.69, 9.17) is 0 Å². The number of alkyl carbamates (subject to hydrolysis) is 1. The molecule has 0 rings (SSSR count). The third-order valence-electron chi connectivity index (χ3n) is 0.875. The third kappa shape index (κ3) is 6.83. The smallest absolute Gasteiger partial charge is 0.407 e. The number of hydrogen-bond donors (Lipinski definition) is 1. The van der Waals surface area contributed by atoms with Gasteiger partial charge >= 0.3 is 6.09 Å². The van der Waals surface area contributed by atoms with Crippen molar-refractivity contribution in [2.75, 3.05) is 6.61 Å². The summed E-state index contributed by atoms with van der Waals surface area (Å²) in [6.45, 7) is 3.82. The molecule has 0 aliphatic heterocycles. The van der Waals surface area contributed by atoms with Gasteiger partial charge < -0.3 is 14.8 Å². The molecule has 1 amide bonds. The monoisotopic (exact) mass is 159 g/mol. The minimum absolute atomic E-state index is 0.0683. The van der Waals surface area contributed by atoms with Gasteiger partial charge in [-0.15, -0.1) is 0 Å². The molecular formula is C7H13NO3. The van der Waals surface area contributed by atoms with Crippen LogP contribution in [-0.2, 0) is 9.53 Å². The second-order valence-electron chi connectivity index (χ2n) is 2.39. The molecule has 0 saturated heterocycles. The fraction of sp³-hybridized carbons (Fsp3) is 0.714. The van der Waals surface area contributed by atoms with Crippen LogP contribution in [0.3, 0.4) is 0 Å². The molecule has 64 valence electrons. The van der Waals surface area contributed by atoms with Gasteiger partial charge in [0.2, 0.25) is 0 Å². The van der Waals surface area contributed by atoms with Gasteiger partial charge in [0.05, 0.1) is 6.61 Å². The molecule has 0 aromatic heterocycles. The summed E-state index contributed by atoms with van der Waals surface area (Å²) in [5, 5.41) is 2.52. The highest BCUT2D eigenvalue weighted by atomic mass is 16.5. The lowest BCUT2D eigenvalue weighted by molar-refractivity contribution is -0.108. The molecule has 0 heterocycles. The highest BCUT2D eigenvalue weighted by molar-refractivity contribution is 5.67. The molecule has 11 heavy (non-hydrogen) atoms. The van der Waals surface area contributed by atoms with Gasteiger partial charge in [0.15, 0.2) is 0 Å². The van der Waals surface area contributed by atoms with Crippen LogP contribution in [0.2, 0.25) is 0 Å². The fourth-order valence-electron chi connectivity index (χ4n) is 0.477. The fourth-order valence-corrected chi connectivity index (χ4v) is 0.477. The van der Waals surface area contributed by atoms with Gasteiger partial charge in [0, 0.05) is 12.5 Å². The first-order valence-corrected chi connectivity index (χ1v) is 3.53. The number of carbonyl (C=O) groups excluding carboxylic acids is 2. The maximum absolute atomic E-state index is 10.7. The average Bonchev–Trinajstić information content (AvgIpc) is 1.86. The highest BCUT2D eigenvalue weighted by Gasteiger charge is 2.01. The quantitative estimate of drug-likeness (QED) is 0.485. The first-order valence-electron chi connectivity index (χ1n) is 3.53. The summed E-state index contributed by atoms with van der Waals surface area (Å²) in [6.07, 6.45) is 0.496. The molecule has 0 aliphatic carbocycles. The molecule has 0 bridgehead atoms. The maximum atomic E-state index is 10.7. The topological polar surface area (TPSA) is 55.4 Å². The number of carbonyl (C=O) groups is 2. The van der Waals surface area contributed by atoms with Crippen LogP contribution in [0.5, 0.6) is 0 Å². The Balaban J connectivity index is 3.30. The minimum atomic E-state index is -0.471. The van der Waals surface area contributed by atoms with Crippen LogP contribution in [-0.4, -0.2) is 25.0 Å². The normalized spacial score (nSPS) is 9.36. The number of ether oxygens (including phenoxy) is 1. The van der Waals surface area contributed by atoms with Crippen molar-refractivity contribution in [1.82, 2.24) is 5.32 Å². The SMILES string of the molecule is CC(C)NC(=O)OCCC=O. The lowest BCUT2D eigenvalue weighted by Gasteiger charge is -2.07. The van der Waals surface area contributed by atoms with Gasteiger partial charge in [-0.3, -0.25) is 0 Å². The molecule has 0 unspecified atom stereocenters. The molecule has 0 atom stereocenters. The van der Waals surface area contributed by atoms with Crippen LogP contribution < -0.4 is 5.32 Å². The first-order chi connectivity index (χ1) is 5.16. The van der Waals surface area contributed by atoms with Gasteiger partial charge in [-0.25, -0.2) is 4.79 Å². The standard InChI is InChI=1S/C7H13NO3/c1-6(2)8-7(10)11-5-3-4-9/h4,6H,3,5H2,1-2H3,(H,8,10). The summed E-state index contributed by atoms with van der Waals surface area (Å²) < 4.78 is 4.61. The molecule has 0 fully saturated rings. The Bertz CT molecular complexity index is 134. The molecule has 0 radical (unpaired) electrons. The van der Waals surface area contributed by atoms with Crippen molar-refractivity contribution in [2.45, 2.75) is 26.3 Å². The zero-order chi connectivity index (χ0) is 8.69. The summed E-state index contributed by atoms with van der Waals surface area (Å²) in [6, 6.07) is 0.0683. The maximum Gasteiger partial charge on any atom is 0.407 e. The largest absolute Gasteiger partial charge is 0.449 e. The van der Waals surface area contributed by atoms with E-state index in [2.05, 4.69) is 10.1 Å². The van der Waals surface area contributed by atoms with E-state index < -0.39 is 6.09 Å². The third-order valence-corrected chi connectivity index (χ3v) is 0.875. The summed E-state index contributed by atoms with van der Waals surface area (Å²) in [5.74, 6) is 0. The van der Waals surface area contributed by atoms with Crippen LogP contribution >= 0.6 is 0 Å². The Kier molecular flexibility index (Phi) is 5.15. The molecule has 0 aromatic rings. The summed E-state index contributed by atoms with van der Waals surface area (Å²) in [4.78, 5) is 20.5. The zero-order valence-corrected chi connectivity index (χ0v) is 6.79. The van der Waals surface area contributed by atoms with Gasteiger partial charge in [-0.1, -0.05) is 0 Å². The zero-order valence-electron chi connectivity index (χ0n) is 6.79. The van der Waals surface area contributed by atoms with E-state index in [-0.39, 0.29) is 19.1 Å². The number of hydrogen-bond acceptors (Lipinski definition) is 3. The van der Waals surface area contributed by atoms with Crippen molar-refractivity contribution >= 4 is 12.4 Å². The minimum Gasteiger partial charge on any atom is -0.449 e. The predicted molar refractivity (Wildman–Crippen MR) is 40.3 cm³/mol. The van der Waals surface area contributed by atoms with E-state index in [1.54, 1.807) is 0 Å². The average molecular weight is 159 g/mol. The van der Waals surface area contributed by atoms with Crippen LogP contribution in [0.15, 0.2) is 0 Å². The Hall–Kier alpha value is -1.06. The van der Waals surface area contributed by atoms with Crippen LogP contribution in [0.1, 0.15) is 20.3 Å². The lowest BCUT2D eigenvalue weighted by atomic mass is 10.4. The molecule has 4 heteroatoms.